The molecule has 0 saturated heterocycles. The number of hydrogen-bond acceptors (Lipinski definition) is 2. The van der Waals surface area contributed by atoms with Crippen molar-refractivity contribution in [3.05, 3.63) is 35.9 Å². The smallest absolute Gasteiger partial charge is 0.0608 e. The second-order valence-corrected chi connectivity index (χ2v) is 8.06. The van der Waals surface area contributed by atoms with Gasteiger partial charge >= 0.3 is 0 Å². The van der Waals surface area contributed by atoms with Gasteiger partial charge in [-0.1, -0.05) is 57.5 Å². The minimum absolute atomic E-state index is 0.434. The summed E-state index contributed by atoms with van der Waals surface area (Å²) in [6, 6.07) is 10.6. The Bertz CT molecular complexity index is 450. The lowest BCUT2D eigenvalue weighted by Crippen LogP contribution is -2.37. The second kappa shape index (κ2) is 10.4. The van der Waals surface area contributed by atoms with Crippen molar-refractivity contribution >= 4 is 11.6 Å². The molecule has 0 amide bonds. The van der Waals surface area contributed by atoms with Crippen molar-refractivity contribution in [1.82, 2.24) is 4.90 Å². The molecule has 0 aliphatic heterocycles. The lowest BCUT2D eigenvalue weighted by Gasteiger charge is -2.37. The fourth-order valence-electron chi connectivity index (χ4n) is 3.87. The van der Waals surface area contributed by atoms with Crippen molar-refractivity contribution in [2.75, 3.05) is 25.6 Å². The minimum atomic E-state index is 0.434. The van der Waals surface area contributed by atoms with Crippen LogP contribution in [-0.2, 0) is 11.3 Å². The molecule has 1 aliphatic carbocycles. The molecule has 0 aromatic heterocycles. The zero-order valence-corrected chi connectivity index (χ0v) is 16.3. The third kappa shape index (κ3) is 6.38. The van der Waals surface area contributed by atoms with Crippen molar-refractivity contribution in [3.63, 3.8) is 0 Å². The Morgan fingerprint density at radius 2 is 1.92 bits per heavy atom. The van der Waals surface area contributed by atoms with Crippen molar-refractivity contribution in [1.29, 1.82) is 0 Å². The fourth-order valence-corrected chi connectivity index (χ4v) is 4.11. The molecular weight excluding hydrogens is 318 g/mol. The number of benzene rings is 1. The number of hydrogen-bond donors (Lipinski definition) is 0. The van der Waals surface area contributed by atoms with E-state index in [-0.39, 0.29) is 0 Å². The maximum atomic E-state index is 6.36. The molecule has 3 heteroatoms. The quantitative estimate of drug-likeness (QED) is 0.566. The highest BCUT2D eigenvalue weighted by Gasteiger charge is 2.31. The summed E-state index contributed by atoms with van der Waals surface area (Å²) in [4.78, 5) is 2.40. The van der Waals surface area contributed by atoms with Gasteiger partial charge in [-0.25, -0.2) is 0 Å². The zero-order valence-electron chi connectivity index (χ0n) is 15.6. The van der Waals surface area contributed by atoms with Crippen LogP contribution in [0.2, 0.25) is 0 Å². The first-order valence-corrected chi connectivity index (χ1v) is 10.1. The number of alkyl halides is 1. The average Bonchev–Trinajstić information content (AvgIpc) is 2.56. The number of rotatable bonds is 9. The molecule has 3 atom stereocenters. The second-order valence-electron chi connectivity index (χ2n) is 7.69. The normalized spacial score (nSPS) is 24.7. The van der Waals surface area contributed by atoms with Crippen LogP contribution < -0.4 is 0 Å². The Hall–Kier alpha value is -0.570. The van der Waals surface area contributed by atoms with Crippen LogP contribution in [0.1, 0.15) is 45.6 Å². The van der Waals surface area contributed by atoms with Gasteiger partial charge in [0.25, 0.3) is 0 Å². The van der Waals surface area contributed by atoms with Crippen molar-refractivity contribution in [2.45, 2.75) is 52.7 Å². The summed E-state index contributed by atoms with van der Waals surface area (Å²) in [7, 11) is 0. The molecule has 0 radical (unpaired) electrons. The number of halogens is 1. The van der Waals surface area contributed by atoms with Gasteiger partial charge in [0.05, 0.1) is 12.7 Å². The van der Waals surface area contributed by atoms with Gasteiger partial charge in [0.15, 0.2) is 0 Å². The molecule has 1 aliphatic rings. The molecule has 24 heavy (non-hydrogen) atoms. The average molecular weight is 352 g/mol. The maximum Gasteiger partial charge on any atom is 0.0608 e. The molecular formula is C21H34ClNO. The Balaban J connectivity index is 1.82. The van der Waals surface area contributed by atoms with Crippen LogP contribution in [0, 0.1) is 17.8 Å². The number of nitrogens with zero attached hydrogens (tertiary/aromatic N) is 1. The lowest BCUT2D eigenvalue weighted by molar-refractivity contribution is -0.0444. The molecule has 2 nitrogen and oxygen atoms in total. The van der Waals surface area contributed by atoms with Gasteiger partial charge < -0.3 is 4.74 Å². The Morgan fingerprint density at radius 3 is 2.58 bits per heavy atom. The molecule has 0 bridgehead atoms. The zero-order chi connectivity index (χ0) is 17.4. The summed E-state index contributed by atoms with van der Waals surface area (Å²) in [6.07, 6.45) is 4.33. The van der Waals surface area contributed by atoms with E-state index in [4.69, 9.17) is 16.3 Å². The fraction of sp³-hybridized carbons (Fsp3) is 0.714. The lowest BCUT2D eigenvalue weighted by atomic mass is 9.75. The van der Waals surface area contributed by atoms with E-state index in [0.29, 0.717) is 17.9 Å². The molecule has 0 spiro atoms. The van der Waals surface area contributed by atoms with Crippen LogP contribution in [0.4, 0.5) is 0 Å². The van der Waals surface area contributed by atoms with E-state index in [9.17, 15) is 0 Å². The Morgan fingerprint density at radius 1 is 1.17 bits per heavy atom. The molecule has 0 unspecified atom stereocenters. The van der Waals surface area contributed by atoms with E-state index >= 15 is 0 Å². The van der Waals surface area contributed by atoms with Crippen molar-refractivity contribution < 1.29 is 4.74 Å². The summed E-state index contributed by atoms with van der Waals surface area (Å²) in [6.45, 7) is 10.7. The van der Waals surface area contributed by atoms with Crippen LogP contribution in [-0.4, -0.2) is 36.6 Å². The summed E-state index contributed by atoms with van der Waals surface area (Å²) < 4.78 is 6.36. The number of ether oxygens (including phenoxy) is 1. The monoisotopic (exact) mass is 351 g/mol. The van der Waals surface area contributed by atoms with E-state index in [0.717, 1.165) is 38.1 Å². The van der Waals surface area contributed by atoms with Gasteiger partial charge in [-0.15, -0.1) is 11.6 Å². The van der Waals surface area contributed by atoms with E-state index in [1.807, 2.05) is 0 Å². The Kier molecular flexibility index (Phi) is 8.58. The topological polar surface area (TPSA) is 12.5 Å². The maximum absolute atomic E-state index is 6.36. The highest BCUT2D eigenvalue weighted by atomic mass is 35.5. The van der Waals surface area contributed by atoms with E-state index in [1.54, 1.807) is 0 Å². The summed E-state index contributed by atoms with van der Waals surface area (Å²) in [5.41, 5.74) is 1.34. The van der Waals surface area contributed by atoms with E-state index in [2.05, 4.69) is 56.0 Å². The SMILES string of the molecule is CC(C)[C@@H]1CC[C@@H](C)C[C@H]1OCCN(CCCl)Cc1ccccc1. The van der Waals surface area contributed by atoms with Gasteiger partial charge in [0.1, 0.15) is 0 Å². The summed E-state index contributed by atoms with van der Waals surface area (Å²) >= 11 is 5.99. The standard InChI is InChI=1S/C21H34ClNO/c1-17(2)20-10-9-18(3)15-21(20)24-14-13-23(12-11-22)16-19-7-5-4-6-8-19/h4-8,17-18,20-21H,9-16H2,1-3H3/t18-,20+,21-/m1/s1. The molecule has 0 N–H and O–H groups in total. The van der Waals surface area contributed by atoms with Crippen LogP contribution in [0.25, 0.3) is 0 Å². The van der Waals surface area contributed by atoms with Crippen LogP contribution in [0.15, 0.2) is 30.3 Å². The first-order valence-electron chi connectivity index (χ1n) is 9.54. The third-order valence-corrected chi connectivity index (χ3v) is 5.52. The summed E-state index contributed by atoms with van der Waals surface area (Å²) in [5, 5.41) is 0. The van der Waals surface area contributed by atoms with Gasteiger partial charge in [-0.2, -0.15) is 0 Å². The third-order valence-electron chi connectivity index (χ3n) is 5.35. The predicted octanol–water partition coefficient (Wildman–Crippen LogP) is 5.20. The molecule has 1 saturated carbocycles. The van der Waals surface area contributed by atoms with Crippen molar-refractivity contribution in [3.8, 4) is 0 Å². The molecule has 1 aromatic carbocycles. The molecule has 2 rings (SSSR count). The first kappa shape index (κ1) is 19.8. The predicted molar refractivity (Wildman–Crippen MR) is 104 cm³/mol. The Labute approximate surface area is 153 Å². The largest absolute Gasteiger partial charge is 0.377 e. The molecule has 0 heterocycles. The van der Waals surface area contributed by atoms with Gasteiger partial charge in [0, 0.05) is 25.5 Å². The minimum Gasteiger partial charge on any atom is -0.377 e. The van der Waals surface area contributed by atoms with Crippen LogP contribution in [0.3, 0.4) is 0 Å². The van der Waals surface area contributed by atoms with Crippen molar-refractivity contribution in [2.24, 2.45) is 17.8 Å². The highest BCUT2D eigenvalue weighted by Crippen LogP contribution is 2.35. The van der Waals surface area contributed by atoms with E-state index < -0.39 is 0 Å². The van der Waals surface area contributed by atoms with Gasteiger partial charge in [0.2, 0.25) is 0 Å². The molecule has 1 aromatic rings. The van der Waals surface area contributed by atoms with Gasteiger partial charge in [-0.05, 0) is 36.2 Å². The molecule has 136 valence electrons. The first-order chi connectivity index (χ1) is 11.6. The summed E-state index contributed by atoms with van der Waals surface area (Å²) in [5.74, 6) is 2.90. The molecule has 1 fully saturated rings. The van der Waals surface area contributed by atoms with Gasteiger partial charge in [-0.3, -0.25) is 4.90 Å². The van der Waals surface area contributed by atoms with E-state index in [1.165, 1.54) is 24.8 Å². The van der Waals surface area contributed by atoms with Crippen LogP contribution >= 0.6 is 11.6 Å². The highest BCUT2D eigenvalue weighted by molar-refractivity contribution is 6.18. The van der Waals surface area contributed by atoms with Crippen LogP contribution in [0.5, 0.6) is 0 Å².